The molecule has 0 unspecified atom stereocenters. The molecule has 2 saturated heterocycles. The molecule has 6 rings (SSSR count). The van der Waals surface area contributed by atoms with Gasteiger partial charge in [0.2, 0.25) is 41.4 Å². The number of benzene rings is 2. The first-order chi connectivity index (χ1) is 36.0. The van der Waals surface area contributed by atoms with E-state index in [4.69, 9.17) is 27.8 Å². The number of halogens is 1. The molecule has 0 aromatic heterocycles. The van der Waals surface area contributed by atoms with Crippen LogP contribution in [0.1, 0.15) is 132 Å². The number of aliphatic imine (C=N–C) groups is 1. The smallest absolute Gasteiger partial charge is 0.264 e. The number of likely N-dealkylation sites (tertiary alicyclic amines) is 2. The van der Waals surface area contributed by atoms with Crippen LogP contribution in [0.25, 0.3) is 0 Å². The second kappa shape index (κ2) is 25.9. The Bertz CT molecular complexity index is 2670. The molecule has 76 heavy (non-hydrogen) atoms. The number of carbonyl (C=O) groups excluding carboxylic acids is 6. The Labute approximate surface area is 453 Å². The van der Waals surface area contributed by atoms with E-state index in [0.717, 1.165) is 11.1 Å². The Balaban J connectivity index is 1.17. The molecule has 2 aromatic rings. The SMILES string of the molecule is C=CCCCNC(=O)[C@@H]1CCCN1C(=O)[C@H](CCCN=C(N)NS(=O)(=O)c1c(C)c(C)c2c(c1C)CC(C)(C)O2)NC(=O)C1(NC(=O)[C@@H]2CCCN2C(=O)[C@H](Cc2cccc(Cl)c2)NC(=O)[C@@H](N)CCCC=C)CCC1. The molecule has 1 saturated carbocycles. The van der Waals surface area contributed by atoms with Crippen molar-refractivity contribution in [3.05, 3.63) is 82.4 Å². The zero-order chi connectivity index (χ0) is 55.5. The minimum Gasteiger partial charge on any atom is -0.487 e. The van der Waals surface area contributed by atoms with Crippen molar-refractivity contribution < 1.29 is 41.9 Å². The van der Waals surface area contributed by atoms with Gasteiger partial charge < -0.3 is 47.3 Å². The van der Waals surface area contributed by atoms with Crippen LogP contribution in [0.4, 0.5) is 0 Å². The van der Waals surface area contributed by atoms with Crippen molar-refractivity contribution in [1.29, 1.82) is 0 Å². The first-order valence-electron chi connectivity index (χ1n) is 26.7. The highest BCUT2D eigenvalue weighted by Gasteiger charge is 2.50. The second-order valence-electron chi connectivity index (χ2n) is 21.3. The quantitative estimate of drug-likeness (QED) is 0.0318. The van der Waals surface area contributed by atoms with Crippen molar-refractivity contribution >= 4 is 63.0 Å². The summed E-state index contributed by atoms with van der Waals surface area (Å²) in [6, 6.07) is 2.09. The maximum atomic E-state index is 14.6. The maximum Gasteiger partial charge on any atom is 0.264 e. The van der Waals surface area contributed by atoms with E-state index in [2.05, 4.69) is 44.1 Å². The molecule has 4 aliphatic rings. The number of amides is 6. The molecular formula is C55H79ClN10O9S. The summed E-state index contributed by atoms with van der Waals surface area (Å²) >= 11 is 6.30. The van der Waals surface area contributed by atoms with Gasteiger partial charge in [-0.3, -0.25) is 33.8 Å². The monoisotopic (exact) mass is 1090 g/mol. The molecule has 0 bridgehead atoms. The molecule has 416 valence electrons. The molecule has 3 heterocycles. The van der Waals surface area contributed by atoms with Crippen molar-refractivity contribution in [3.8, 4) is 5.75 Å². The molecule has 3 fully saturated rings. The lowest BCUT2D eigenvalue weighted by molar-refractivity contribution is -0.146. The zero-order valence-corrected chi connectivity index (χ0v) is 46.4. The summed E-state index contributed by atoms with van der Waals surface area (Å²) in [5, 5.41) is 12.1. The van der Waals surface area contributed by atoms with E-state index >= 15 is 0 Å². The molecule has 0 radical (unpaired) electrons. The fourth-order valence-electron chi connectivity index (χ4n) is 10.7. The molecule has 9 N–H and O–H groups in total. The van der Waals surface area contributed by atoms with Crippen LogP contribution in [0, 0.1) is 20.8 Å². The summed E-state index contributed by atoms with van der Waals surface area (Å²) in [5.74, 6) is -2.58. The Morgan fingerprint density at radius 2 is 1.51 bits per heavy atom. The molecule has 1 aliphatic carbocycles. The molecular weight excluding hydrogens is 1010 g/mol. The fraction of sp³-hybridized carbons (Fsp3) is 0.582. The minimum atomic E-state index is -4.20. The number of carbonyl (C=O) groups is 6. The number of hydrogen-bond donors (Lipinski definition) is 7. The van der Waals surface area contributed by atoms with Crippen LogP contribution in [0.3, 0.4) is 0 Å². The number of unbranched alkanes of at least 4 members (excludes halogenated alkanes) is 2. The fourth-order valence-corrected chi connectivity index (χ4v) is 12.5. The molecule has 5 atom stereocenters. The zero-order valence-electron chi connectivity index (χ0n) is 44.9. The van der Waals surface area contributed by atoms with E-state index in [9.17, 15) is 37.2 Å². The van der Waals surface area contributed by atoms with Gasteiger partial charge in [0.05, 0.1) is 10.9 Å². The number of hydrogen-bond acceptors (Lipinski definition) is 11. The van der Waals surface area contributed by atoms with Crippen LogP contribution in [0.2, 0.25) is 5.02 Å². The largest absolute Gasteiger partial charge is 0.487 e. The maximum absolute atomic E-state index is 14.6. The van der Waals surface area contributed by atoms with Crippen LogP contribution in [-0.4, -0.2) is 127 Å². The predicted molar refractivity (Wildman–Crippen MR) is 293 cm³/mol. The van der Waals surface area contributed by atoms with E-state index in [1.165, 1.54) is 9.80 Å². The minimum absolute atomic E-state index is 0.0299. The lowest BCUT2D eigenvalue weighted by Crippen LogP contribution is -2.67. The lowest BCUT2D eigenvalue weighted by Gasteiger charge is -2.43. The highest BCUT2D eigenvalue weighted by molar-refractivity contribution is 7.90. The van der Waals surface area contributed by atoms with Gasteiger partial charge in [-0.1, -0.05) is 35.9 Å². The summed E-state index contributed by atoms with van der Waals surface area (Å²) in [6.07, 6.45) is 10.3. The van der Waals surface area contributed by atoms with Crippen LogP contribution in [-0.2, 0) is 51.6 Å². The van der Waals surface area contributed by atoms with Gasteiger partial charge in [-0.15, -0.1) is 13.2 Å². The highest BCUT2D eigenvalue weighted by Crippen LogP contribution is 2.44. The third kappa shape index (κ3) is 14.3. The first kappa shape index (κ1) is 59.3. The van der Waals surface area contributed by atoms with Crippen molar-refractivity contribution in [2.45, 2.75) is 184 Å². The molecule has 2 aromatic carbocycles. The number of nitrogens with zero attached hydrogens (tertiary/aromatic N) is 3. The first-order valence-corrected chi connectivity index (χ1v) is 28.6. The number of rotatable bonds is 25. The number of nitrogens with one attached hydrogen (secondary N) is 5. The van der Waals surface area contributed by atoms with Crippen LogP contribution < -0.4 is 42.2 Å². The van der Waals surface area contributed by atoms with Gasteiger partial charge in [-0.2, -0.15) is 0 Å². The van der Waals surface area contributed by atoms with Gasteiger partial charge in [-0.05, 0) is 159 Å². The molecule has 21 heteroatoms. The summed E-state index contributed by atoms with van der Waals surface area (Å²) in [6.45, 7) is 17.5. The third-order valence-corrected chi connectivity index (χ3v) is 17.0. The Morgan fingerprint density at radius 1 is 0.868 bits per heavy atom. The predicted octanol–water partition coefficient (Wildman–Crippen LogP) is 4.35. The normalized spacial score (nSPS) is 19.8. The van der Waals surface area contributed by atoms with Gasteiger partial charge in [-0.25, -0.2) is 13.1 Å². The molecule has 0 spiro atoms. The number of guanidine groups is 1. The van der Waals surface area contributed by atoms with Gasteiger partial charge in [0.15, 0.2) is 0 Å². The molecule has 6 amide bonds. The third-order valence-electron chi connectivity index (χ3n) is 15.1. The summed E-state index contributed by atoms with van der Waals surface area (Å²) in [7, 11) is -4.20. The van der Waals surface area contributed by atoms with Crippen LogP contribution in [0.5, 0.6) is 5.75 Å². The summed E-state index contributed by atoms with van der Waals surface area (Å²) < 4.78 is 36.4. The average Bonchev–Trinajstić information content (AvgIpc) is 4.13. The number of fused-ring (bicyclic) bond motifs is 1. The van der Waals surface area contributed by atoms with E-state index in [1.807, 2.05) is 20.8 Å². The number of ether oxygens (including phenoxy) is 1. The van der Waals surface area contributed by atoms with Crippen molar-refractivity contribution in [2.75, 3.05) is 26.2 Å². The van der Waals surface area contributed by atoms with Gasteiger partial charge in [0.1, 0.15) is 41.1 Å². The van der Waals surface area contributed by atoms with Gasteiger partial charge in [0.25, 0.3) is 10.0 Å². The number of sulfonamides is 1. The topological polar surface area (TPSA) is 277 Å². The number of allylic oxidation sites excluding steroid dienone is 2. The molecule has 3 aliphatic heterocycles. The van der Waals surface area contributed by atoms with E-state index in [1.54, 1.807) is 50.3 Å². The van der Waals surface area contributed by atoms with E-state index in [0.29, 0.717) is 105 Å². The van der Waals surface area contributed by atoms with Gasteiger partial charge >= 0.3 is 0 Å². The Hall–Kier alpha value is -5.99. The van der Waals surface area contributed by atoms with Crippen molar-refractivity contribution in [1.82, 2.24) is 35.8 Å². The van der Waals surface area contributed by atoms with Crippen LogP contribution in [0.15, 0.2) is 59.5 Å². The van der Waals surface area contributed by atoms with Crippen LogP contribution >= 0.6 is 11.6 Å². The Kier molecular flexibility index (Phi) is 20.2. The molecule has 19 nitrogen and oxygen atoms in total. The number of nitrogens with two attached hydrogens (primary N) is 2. The average molecular weight is 1090 g/mol. The summed E-state index contributed by atoms with van der Waals surface area (Å²) in [4.78, 5) is 92.3. The highest BCUT2D eigenvalue weighted by atomic mass is 35.5. The van der Waals surface area contributed by atoms with Crippen molar-refractivity contribution in [3.63, 3.8) is 0 Å². The lowest BCUT2D eigenvalue weighted by atomic mass is 9.75. The standard InChI is InChI=1S/C55H79ClN10O9S/c1-8-10-12-21-40(57)47(67)61-42(32-37-19-14-20-38(56)31-37)51(71)66-30-17-24-44(66)49(69)63-55(25-18-26-55)52(72)62-41(50(70)65-29-16-23-43(65)48(68)59-27-13-11-9-2)22-15-28-60-53(58)64-76(73,74)46-35(4)34(3)45-39(36(46)5)33-54(6,7)75-45/h8-9,14,19-20,31,40-44H,1-2,10-13,15-18,21-30,32-33,57H2,3-7H3,(H,59,68)(H,61,67)(H,62,72)(H,63,69)(H3,58,60,64)/t40-,41-,42-,43-,44-/m0/s1. The second-order valence-corrected chi connectivity index (χ2v) is 23.4. The van der Waals surface area contributed by atoms with Crippen molar-refractivity contribution in [2.24, 2.45) is 16.5 Å². The summed E-state index contributed by atoms with van der Waals surface area (Å²) in [5.41, 5.74) is 13.9. The van der Waals surface area contributed by atoms with E-state index in [-0.39, 0.29) is 68.5 Å². The van der Waals surface area contributed by atoms with Gasteiger partial charge in [0, 0.05) is 49.6 Å². The Morgan fingerprint density at radius 3 is 2.14 bits per heavy atom. The van der Waals surface area contributed by atoms with E-state index < -0.39 is 80.9 Å².